The van der Waals surface area contributed by atoms with Gasteiger partial charge in [-0.25, -0.2) is 4.98 Å². The van der Waals surface area contributed by atoms with Gasteiger partial charge in [-0.3, -0.25) is 4.98 Å². The molecule has 15 heavy (non-hydrogen) atoms. The summed E-state index contributed by atoms with van der Waals surface area (Å²) in [6.07, 6.45) is 3.34. The number of aromatic nitrogens is 2. The molecule has 3 nitrogen and oxygen atoms in total. The standard InChI is InChI=1S/C11H9ClN2O/c1-15-9-5-3-6-13-10(9)8-4-2-7-14-11(8)12/h2-7H,1H3. The number of rotatable bonds is 2. The molecule has 0 aromatic carbocycles. The molecule has 0 aliphatic heterocycles. The number of halogens is 1. The van der Waals surface area contributed by atoms with E-state index in [9.17, 15) is 0 Å². The normalized spacial score (nSPS) is 10.0. The van der Waals surface area contributed by atoms with Crippen molar-refractivity contribution >= 4 is 11.6 Å². The van der Waals surface area contributed by atoms with E-state index < -0.39 is 0 Å². The quantitative estimate of drug-likeness (QED) is 0.730. The Morgan fingerprint density at radius 1 is 1.13 bits per heavy atom. The highest BCUT2D eigenvalue weighted by molar-refractivity contribution is 6.32. The fraction of sp³-hybridized carbons (Fsp3) is 0.0909. The van der Waals surface area contributed by atoms with Gasteiger partial charge in [0.15, 0.2) is 0 Å². The molecule has 2 heterocycles. The van der Waals surface area contributed by atoms with Gasteiger partial charge in [-0.2, -0.15) is 0 Å². The Hall–Kier alpha value is -1.61. The van der Waals surface area contributed by atoms with Crippen LogP contribution in [0.5, 0.6) is 5.75 Å². The average molecular weight is 221 g/mol. The third-order valence-electron chi connectivity index (χ3n) is 2.00. The van der Waals surface area contributed by atoms with Gasteiger partial charge in [-0.05, 0) is 24.3 Å². The molecule has 2 aromatic heterocycles. The largest absolute Gasteiger partial charge is 0.494 e. The molecule has 0 spiro atoms. The van der Waals surface area contributed by atoms with Gasteiger partial charge < -0.3 is 4.74 Å². The Labute approximate surface area is 92.7 Å². The first-order valence-corrected chi connectivity index (χ1v) is 4.80. The molecule has 0 aliphatic rings. The van der Waals surface area contributed by atoms with E-state index in [-0.39, 0.29) is 0 Å². The molecule has 0 N–H and O–H groups in total. The topological polar surface area (TPSA) is 35.0 Å². The fourth-order valence-electron chi connectivity index (χ4n) is 1.32. The van der Waals surface area contributed by atoms with Crippen LogP contribution in [-0.2, 0) is 0 Å². The van der Waals surface area contributed by atoms with Crippen molar-refractivity contribution < 1.29 is 4.74 Å². The molecule has 0 bridgehead atoms. The summed E-state index contributed by atoms with van der Waals surface area (Å²) >= 11 is 5.98. The van der Waals surface area contributed by atoms with Crippen LogP contribution in [0.1, 0.15) is 0 Å². The van der Waals surface area contributed by atoms with Gasteiger partial charge in [0.2, 0.25) is 0 Å². The Morgan fingerprint density at radius 2 is 1.87 bits per heavy atom. The van der Waals surface area contributed by atoms with Crippen LogP contribution >= 0.6 is 11.6 Å². The minimum atomic E-state index is 0.425. The molecule has 4 heteroatoms. The van der Waals surface area contributed by atoms with Crippen LogP contribution in [0.15, 0.2) is 36.7 Å². The van der Waals surface area contributed by atoms with Crippen molar-refractivity contribution in [1.29, 1.82) is 0 Å². The lowest BCUT2D eigenvalue weighted by molar-refractivity contribution is 0.415. The summed E-state index contributed by atoms with van der Waals surface area (Å²) in [7, 11) is 1.60. The third kappa shape index (κ3) is 1.92. The van der Waals surface area contributed by atoms with Crippen LogP contribution in [0, 0.1) is 0 Å². The average Bonchev–Trinajstić information content (AvgIpc) is 2.30. The highest BCUT2D eigenvalue weighted by Gasteiger charge is 2.09. The van der Waals surface area contributed by atoms with Crippen molar-refractivity contribution in [3.63, 3.8) is 0 Å². The SMILES string of the molecule is COc1cccnc1-c1cccnc1Cl. The summed E-state index contributed by atoms with van der Waals surface area (Å²) in [5.41, 5.74) is 1.48. The van der Waals surface area contributed by atoms with Gasteiger partial charge in [0, 0.05) is 18.0 Å². The Balaban J connectivity index is 2.59. The maximum atomic E-state index is 5.98. The fourth-order valence-corrected chi connectivity index (χ4v) is 1.53. The monoisotopic (exact) mass is 220 g/mol. The molecule has 0 fully saturated rings. The molecule has 0 radical (unpaired) electrons. The van der Waals surface area contributed by atoms with Crippen molar-refractivity contribution in [2.75, 3.05) is 7.11 Å². The molecule has 0 unspecified atom stereocenters. The van der Waals surface area contributed by atoms with Crippen LogP contribution in [0.4, 0.5) is 0 Å². The van der Waals surface area contributed by atoms with Crippen LogP contribution < -0.4 is 4.74 Å². The maximum Gasteiger partial charge on any atom is 0.145 e. The number of pyridine rings is 2. The molecule has 0 amide bonds. The molecule has 0 saturated heterocycles. The zero-order valence-corrected chi connectivity index (χ0v) is 8.90. The summed E-state index contributed by atoms with van der Waals surface area (Å²) in [6, 6.07) is 7.33. The Kier molecular flexibility index (Phi) is 2.83. The van der Waals surface area contributed by atoms with E-state index in [0.717, 1.165) is 5.56 Å². The molecule has 0 atom stereocenters. The smallest absolute Gasteiger partial charge is 0.145 e. The summed E-state index contributed by atoms with van der Waals surface area (Å²) < 4.78 is 5.21. The molecule has 2 rings (SSSR count). The van der Waals surface area contributed by atoms with E-state index in [1.807, 2.05) is 24.3 Å². The molecule has 2 aromatic rings. The van der Waals surface area contributed by atoms with E-state index in [1.165, 1.54) is 0 Å². The van der Waals surface area contributed by atoms with Gasteiger partial charge in [0.05, 0.1) is 7.11 Å². The lowest BCUT2D eigenvalue weighted by Gasteiger charge is -2.07. The van der Waals surface area contributed by atoms with Crippen LogP contribution in [0.3, 0.4) is 0 Å². The summed E-state index contributed by atoms with van der Waals surface area (Å²) in [5.74, 6) is 0.687. The van der Waals surface area contributed by atoms with Gasteiger partial charge in [0.25, 0.3) is 0 Å². The van der Waals surface area contributed by atoms with Crippen LogP contribution in [0.2, 0.25) is 5.15 Å². The Bertz CT molecular complexity index is 474. The predicted molar refractivity (Wildman–Crippen MR) is 59.0 cm³/mol. The highest BCUT2D eigenvalue weighted by Crippen LogP contribution is 2.30. The van der Waals surface area contributed by atoms with Gasteiger partial charge in [-0.1, -0.05) is 11.6 Å². The van der Waals surface area contributed by atoms with Crippen molar-refractivity contribution in [3.8, 4) is 17.0 Å². The first kappa shape index (κ1) is 9.93. The molecular formula is C11H9ClN2O. The second-order valence-corrected chi connectivity index (χ2v) is 3.25. The van der Waals surface area contributed by atoms with E-state index >= 15 is 0 Å². The lowest BCUT2D eigenvalue weighted by Crippen LogP contribution is -1.91. The van der Waals surface area contributed by atoms with Crippen molar-refractivity contribution in [1.82, 2.24) is 9.97 Å². The second-order valence-electron chi connectivity index (χ2n) is 2.90. The first-order valence-electron chi connectivity index (χ1n) is 4.43. The van der Waals surface area contributed by atoms with Crippen molar-refractivity contribution in [3.05, 3.63) is 41.8 Å². The zero-order chi connectivity index (χ0) is 10.7. The minimum absolute atomic E-state index is 0.425. The predicted octanol–water partition coefficient (Wildman–Crippen LogP) is 2.81. The lowest BCUT2D eigenvalue weighted by atomic mass is 10.2. The summed E-state index contributed by atoms with van der Waals surface area (Å²) in [5, 5.41) is 0.425. The van der Waals surface area contributed by atoms with Crippen molar-refractivity contribution in [2.24, 2.45) is 0 Å². The summed E-state index contributed by atoms with van der Waals surface area (Å²) in [4.78, 5) is 8.23. The molecule has 76 valence electrons. The molecule has 0 aliphatic carbocycles. The van der Waals surface area contributed by atoms with Gasteiger partial charge in [-0.15, -0.1) is 0 Å². The number of ether oxygens (including phenoxy) is 1. The van der Waals surface area contributed by atoms with E-state index in [1.54, 1.807) is 19.5 Å². The maximum absolute atomic E-state index is 5.98. The summed E-state index contributed by atoms with van der Waals surface area (Å²) in [6.45, 7) is 0. The van der Waals surface area contributed by atoms with E-state index in [2.05, 4.69) is 9.97 Å². The number of nitrogens with zero attached hydrogens (tertiary/aromatic N) is 2. The number of methoxy groups -OCH3 is 1. The van der Waals surface area contributed by atoms with Crippen molar-refractivity contribution in [2.45, 2.75) is 0 Å². The number of hydrogen-bond acceptors (Lipinski definition) is 3. The van der Waals surface area contributed by atoms with Gasteiger partial charge >= 0.3 is 0 Å². The Morgan fingerprint density at radius 3 is 2.60 bits per heavy atom. The van der Waals surface area contributed by atoms with Crippen LogP contribution in [0.25, 0.3) is 11.3 Å². The van der Waals surface area contributed by atoms with E-state index in [4.69, 9.17) is 16.3 Å². The highest BCUT2D eigenvalue weighted by atomic mass is 35.5. The minimum Gasteiger partial charge on any atom is -0.494 e. The molecule has 0 saturated carbocycles. The number of hydrogen-bond donors (Lipinski definition) is 0. The van der Waals surface area contributed by atoms with E-state index in [0.29, 0.717) is 16.6 Å². The molecular weight excluding hydrogens is 212 g/mol. The third-order valence-corrected chi connectivity index (χ3v) is 2.31. The van der Waals surface area contributed by atoms with Crippen LogP contribution in [-0.4, -0.2) is 17.1 Å². The first-order chi connectivity index (χ1) is 7.33. The van der Waals surface area contributed by atoms with Gasteiger partial charge in [0.1, 0.15) is 16.6 Å². The second kappa shape index (κ2) is 4.28. The zero-order valence-electron chi connectivity index (χ0n) is 8.14.